The first-order valence-corrected chi connectivity index (χ1v) is 23.4. The van der Waals surface area contributed by atoms with Crippen LogP contribution in [0.2, 0.25) is 0 Å². The van der Waals surface area contributed by atoms with E-state index in [1.54, 1.807) is 0 Å². The van der Waals surface area contributed by atoms with Crippen LogP contribution >= 0.6 is 0 Å². The number of rotatable bonds is 3. The van der Waals surface area contributed by atoms with E-state index in [1.807, 2.05) is 0 Å². The lowest BCUT2D eigenvalue weighted by atomic mass is 9.87. The molecule has 1 atom stereocenters. The van der Waals surface area contributed by atoms with E-state index in [9.17, 15) is 0 Å². The van der Waals surface area contributed by atoms with Crippen LogP contribution in [-0.4, -0.2) is 9.13 Å². The van der Waals surface area contributed by atoms with Gasteiger partial charge in [0, 0.05) is 38.1 Å². The molecule has 0 aliphatic carbocycles. The average Bonchev–Trinajstić information content (AvgIpc) is 3.97. The van der Waals surface area contributed by atoms with Crippen molar-refractivity contribution in [2.45, 2.75) is 26.2 Å². The Bertz CT molecular complexity index is 4070. The first-order chi connectivity index (χ1) is 32.9. The second-order valence-corrected chi connectivity index (χ2v) is 19.5. The molecule has 0 saturated carbocycles. The molecule has 5 heteroatoms. The predicted molar refractivity (Wildman–Crippen MR) is 274 cm³/mol. The lowest BCUT2D eigenvalue weighted by Crippen LogP contribution is -2.70. The van der Waals surface area contributed by atoms with E-state index in [4.69, 9.17) is 0 Å². The third kappa shape index (κ3) is 4.56. The van der Waals surface area contributed by atoms with Gasteiger partial charge in [-0.3, -0.25) is 0 Å². The molecule has 0 saturated heterocycles. The molecule has 9 aromatic carbocycles. The van der Waals surface area contributed by atoms with E-state index in [-0.39, 0.29) is 5.41 Å². The number of hydrogen-bond acceptors (Lipinski definition) is 0. The number of fused-ring (bicyclic) bond motifs is 14. The van der Waals surface area contributed by atoms with Crippen molar-refractivity contribution in [1.29, 1.82) is 0 Å². The zero-order chi connectivity index (χ0) is 44.3. The summed E-state index contributed by atoms with van der Waals surface area (Å²) in [6.45, 7) is 7.00. The molecule has 3 aliphatic rings. The molecule has 0 N–H and O–H groups in total. The second-order valence-electron chi connectivity index (χ2n) is 19.5. The van der Waals surface area contributed by atoms with Gasteiger partial charge in [0.1, 0.15) is 5.52 Å². The molecule has 6 heterocycles. The Balaban J connectivity index is 1.25. The molecule has 314 valence electrons. The highest BCUT2D eigenvalue weighted by atomic mass is 15.8. The third-order valence-corrected chi connectivity index (χ3v) is 15.0. The van der Waals surface area contributed by atoms with Gasteiger partial charge in [0.25, 0.3) is 0 Å². The molecule has 15 rings (SSSR count). The molecule has 12 aromatic rings. The SMILES string of the molecule is CC(C)(C)c1cc[n+]2c(c1)-n1c3ccccc3c3ccc4c(c31)[N+]21c2c(cccc2-n2c1[n+](-c1c(-c3ccccc3)cccc1-c1ccccc1)c1ccccc12)-c1c-4ccc2ccccc12. The number of para-hydroxylation sites is 5. The quantitative estimate of drug-likeness (QED) is 0.124. The van der Waals surface area contributed by atoms with Gasteiger partial charge in [0.05, 0.1) is 11.1 Å². The molecule has 67 heavy (non-hydrogen) atoms. The highest BCUT2D eigenvalue weighted by Gasteiger charge is 2.69. The highest BCUT2D eigenvalue weighted by Crippen LogP contribution is 2.64. The van der Waals surface area contributed by atoms with E-state index < -0.39 is 0 Å². The van der Waals surface area contributed by atoms with E-state index in [2.05, 4.69) is 252 Å². The number of pyridine rings is 1. The maximum Gasteiger partial charge on any atom is 0.519 e. The van der Waals surface area contributed by atoms with Gasteiger partial charge >= 0.3 is 11.8 Å². The Hall–Kier alpha value is -8.38. The molecule has 3 aromatic heterocycles. The van der Waals surface area contributed by atoms with Crippen LogP contribution in [0.1, 0.15) is 26.3 Å². The fraction of sp³-hybridized carbons (Fsp3) is 0.0645. The number of aromatic nitrogens is 4. The van der Waals surface area contributed by atoms with Gasteiger partial charge < -0.3 is 0 Å². The Morgan fingerprint density at radius 1 is 0.463 bits per heavy atom. The van der Waals surface area contributed by atoms with Crippen LogP contribution < -0.4 is 13.8 Å². The van der Waals surface area contributed by atoms with Gasteiger partial charge in [-0.1, -0.05) is 166 Å². The van der Waals surface area contributed by atoms with Crippen LogP contribution in [0.25, 0.3) is 105 Å². The van der Waals surface area contributed by atoms with Gasteiger partial charge in [-0.15, -0.1) is 9.13 Å². The molecule has 0 bridgehead atoms. The molecule has 0 fully saturated rings. The lowest BCUT2D eigenvalue weighted by molar-refractivity contribution is -0.791. The first-order valence-electron chi connectivity index (χ1n) is 23.4. The topological polar surface area (TPSA) is 17.6 Å². The molecule has 1 unspecified atom stereocenters. The number of quaternary nitrogens is 1. The number of hydrogen-bond donors (Lipinski definition) is 0. The van der Waals surface area contributed by atoms with Crippen LogP contribution in [0.5, 0.6) is 0 Å². The van der Waals surface area contributed by atoms with Crippen LogP contribution in [-0.2, 0) is 5.41 Å². The largest absolute Gasteiger partial charge is 0.519 e. The van der Waals surface area contributed by atoms with Crippen LogP contribution in [0.4, 0.5) is 17.3 Å². The molecule has 3 aliphatic heterocycles. The van der Waals surface area contributed by atoms with Crippen molar-refractivity contribution in [2.75, 3.05) is 0 Å². The van der Waals surface area contributed by atoms with Crippen molar-refractivity contribution in [1.82, 2.24) is 13.7 Å². The maximum absolute atomic E-state index is 2.65. The van der Waals surface area contributed by atoms with Crippen molar-refractivity contribution in [3.05, 3.63) is 218 Å². The van der Waals surface area contributed by atoms with E-state index >= 15 is 0 Å². The highest BCUT2D eigenvalue weighted by molar-refractivity contribution is 6.21. The van der Waals surface area contributed by atoms with Crippen molar-refractivity contribution in [3.8, 4) is 61.7 Å². The zero-order valence-corrected chi connectivity index (χ0v) is 37.4. The summed E-state index contributed by atoms with van der Waals surface area (Å²) in [6, 6.07) is 77.3. The predicted octanol–water partition coefficient (Wildman–Crippen LogP) is 14.8. The first kappa shape index (κ1) is 36.9. The van der Waals surface area contributed by atoms with Crippen LogP contribution in [0.3, 0.4) is 0 Å². The summed E-state index contributed by atoms with van der Waals surface area (Å²) in [5.74, 6) is 2.26. The van der Waals surface area contributed by atoms with Crippen molar-refractivity contribution in [3.63, 3.8) is 0 Å². The molecular formula is C62H44N5+3. The van der Waals surface area contributed by atoms with E-state index in [1.165, 1.54) is 99.7 Å². The molecule has 0 amide bonds. The minimum absolute atomic E-state index is 0.101. The molecular weight excluding hydrogens is 815 g/mol. The van der Waals surface area contributed by atoms with Gasteiger partial charge in [0.2, 0.25) is 22.6 Å². The monoisotopic (exact) mass is 858 g/mol. The number of nitrogens with zero attached hydrogens (tertiary/aromatic N) is 5. The summed E-state index contributed by atoms with van der Waals surface area (Å²) in [5, 5.41) is 4.98. The molecule has 1 spiro atoms. The summed E-state index contributed by atoms with van der Waals surface area (Å²) in [7, 11) is 0. The minimum Gasteiger partial charge on any atom is -0.181 e. The average molecular weight is 859 g/mol. The lowest BCUT2D eigenvalue weighted by Gasteiger charge is -2.31. The second kappa shape index (κ2) is 12.9. The summed E-state index contributed by atoms with van der Waals surface area (Å²) in [5.41, 5.74) is 20.4. The summed E-state index contributed by atoms with van der Waals surface area (Å²) < 4.78 is 10.8. The fourth-order valence-corrected chi connectivity index (χ4v) is 12.2. The maximum atomic E-state index is 2.65. The van der Waals surface area contributed by atoms with Crippen molar-refractivity contribution >= 4 is 60.9 Å². The van der Waals surface area contributed by atoms with Crippen molar-refractivity contribution in [2.24, 2.45) is 0 Å². The number of benzene rings is 9. The Labute approximate surface area is 388 Å². The van der Waals surface area contributed by atoms with Crippen LogP contribution in [0, 0.1) is 0 Å². The summed E-state index contributed by atoms with van der Waals surface area (Å²) in [6.07, 6.45) is 2.41. The van der Waals surface area contributed by atoms with Gasteiger partial charge in [-0.25, -0.2) is 0 Å². The van der Waals surface area contributed by atoms with Gasteiger partial charge in [-0.05, 0) is 97.7 Å². The molecule has 0 radical (unpaired) electrons. The van der Waals surface area contributed by atoms with E-state index in [0.29, 0.717) is 4.59 Å². The van der Waals surface area contributed by atoms with Gasteiger partial charge in [-0.2, -0.15) is 4.57 Å². The Morgan fingerprint density at radius 2 is 1.10 bits per heavy atom. The Kier molecular flexibility index (Phi) is 7.11. The normalized spacial score (nSPS) is 15.1. The van der Waals surface area contributed by atoms with E-state index in [0.717, 1.165) is 28.5 Å². The fourth-order valence-electron chi connectivity index (χ4n) is 12.2. The van der Waals surface area contributed by atoms with Crippen LogP contribution in [0.15, 0.2) is 212 Å². The molecule has 5 nitrogen and oxygen atoms in total. The number of imidazole rings is 1. The van der Waals surface area contributed by atoms with Gasteiger partial charge in [0.15, 0.2) is 22.9 Å². The summed E-state index contributed by atoms with van der Waals surface area (Å²) >= 11 is 0. The standard InChI is InChI=1S/C62H44N5/c1-62(2,3)42-36-37-63-55(38-42)65-51-28-13-12-24-46(51)48-34-35-49-47-33-32-41-22-10-11-23-43(41)56(47)50-27-17-31-54-59(50)67(63,60(49)58(48)65)61-64(54)52-29-14-15-30-53(52)66(61)57-44(39-18-6-4-7-19-39)25-16-26-45(57)40-20-8-5-9-21-40/h4-38H,1-3H3/q+3. The smallest absolute Gasteiger partial charge is 0.181 e. The van der Waals surface area contributed by atoms with Crippen molar-refractivity contribution < 1.29 is 9.24 Å². The zero-order valence-electron chi connectivity index (χ0n) is 37.4. The third-order valence-electron chi connectivity index (χ3n) is 15.0. The Morgan fingerprint density at radius 3 is 1.87 bits per heavy atom. The minimum atomic E-state index is -0.101. The summed E-state index contributed by atoms with van der Waals surface area (Å²) in [4.78, 5) is 0.